The molecule has 0 amide bonds. The Hall–Kier alpha value is -0.0800. The quantitative estimate of drug-likeness (QED) is 0.575. The lowest BCUT2D eigenvalue weighted by Gasteiger charge is -2.20. The molecule has 3 N–H and O–H groups in total. The van der Waals surface area contributed by atoms with Crippen LogP contribution in [0.4, 0.5) is 0 Å². The third kappa shape index (κ3) is 1.10. The molecule has 2 nitrogen and oxygen atoms in total. The first kappa shape index (κ1) is 7.03. The molecule has 0 aromatic heterocycles. The highest BCUT2D eigenvalue weighted by atomic mass is 14.9. The summed E-state index contributed by atoms with van der Waals surface area (Å²) >= 11 is 0. The molecule has 1 fully saturated rings. The Kier molecular flexibility index (Phi) is 1.78. The van der Waals surface area contributed by atoms with Crippen molar-refractivity contribution in [1.82, 2.24) is 5.32 Å². The van der Waals surface area contributed by atoms with Crippen molar-refractivity contribution in [3.8, 4) is 0 Å². The lowest BCUT2D eigenvalue weighted by molar-refractivity contribution is 0.381. The minimum Gasteiger partial charge on any atom is -0.330 e. The zero-order valence-corrected chi connectivity index (χ0v) is 6.28. The van der Waals surface area contributed by atoms with Gasteiger partial charge in [-0.2, -0.15) is 0 Å². The molecular weight excluding hydrogens is 112 g/mol. The van der Waals surface area contributed by atoms with Gasteiger partial charge in [-0.15, -0.1) is 0 Å². The molecule has 1 unspecified atom stereocenters. The van der Waals surface area contributed by atoms with E-state index in [9.17, 15) is 0 Å². The summed E-state index contributed by atoms with van der Waals surface area (Å²) in [7, 11) is 2.00. The summed E-state index contributed by atoms with van der Waals surface area (Å²) in [5.74, 6) is 0. The van der Waals surface area contributed by atoms with Crippen LogP contribution in [0.1, 0.15) is 19.8 Å². The zero-order chi connectivity index (χ0) is 6.91. The van der Waals surface area contributed by atoms with E-state index in [0.29, 0.717) is 11.5 Å². The van der Waals surface area contributed by atoms with Gasteiger partial charge in [-0.3, -0.25) is 0 Å². The monoisotopic (exact) mass is 128 g/mol. The summed E-state index contributed by atoms with van der Waals surface area (Å²) in [6.45, 7) is 3.05. The second-order valence-corrected chi connectivity index (χ2v) is 3.08. The van der Waals surface area contributed by atoms with E-state index in [1.807, 2.05) is 7.05 Å². The molecule has 1 rings (SSSR count). The molecule has 9 heavy (non-hydrogen) atoms. The van der Waals surface area contributed by atoms with Crippen molar-refractivity contribution in [3.63, 3.8) is 0 Å². The SMILES string of the molecule is CNC(C)C1(CN)CC1. The van der Waals surface area contributed by atoms with Crippen molar-refractivity contribution in [2.45, 2.75) is 25.8 Å². The third-order valence-corrected chi connectivity index (χ3v) is 2.65. The number of hydrogen-bond acceptors (Lipinski definition) is 2. The zero-order valence-electron chi connectivity index (χ0n) is 6.28. The molecule has 1 aliphatic carbocycles. The second kappa shape index (κ2) is 2.27. The molecule has 0 aromatic rings. The van der Waals surface area contributed by atoms with Gasteiger partial charge in [-0.1, -0.05) is 0 Å². The molecular formula is C7H16N2. The van der Waals surface area contributed by atoms with E-state index in [4.69, 9.17) is 5.73 Å². The minimum atomic E-state index is 0.467. The highest BCUT2D eigenvalue weighted by Gasteiger charge is 2.45. The Bertz CT molecular complexity index is 97.1. The fraction of sp³-hybridized carbons (Fsp3) is 1.00. The smallest absolute Gasteiger partial charge is 0.0104 e. The van der Waals surface area contributed by atoms with Gasteiger partial charge in [0.1, 0.15) is 0 Å². The Morgan fingerprint density at radius 2 is 2.22 bits per heavy atom. The Balaban J connectivity index is 2.39. The maximum Gasteiger partial charge on any atom is 0.0104 e. The highest BCUT2D eigenvalue weighted by molar-refractivity contribution is 5.00. The molecule has 0 saturated heterocycles. The van der Waals surface area contributed by atoms with Crippen LogP contribution in [0.15, 0.2) is 0 Å². The summed E-state index contributed by atoms with van der Waals surface area (Å²) in [4.78, 5) is 0. The molecule has 0 spiro atoms. The summed E-state index contributed by atoms with van der Waals surface area (Å²) in [5, 5.41) is 3.24. The van der Waals surface area contributed by atoms with Crippen molar-refractivity contribution >= 4 is 0 Å². The lowest BCUT2D eigenvalue weighted by atomic mass is 9.99. The van der Waals surface area contributed by atoms with Crippen LogP contribution in [-0.2, 0) is 0 Å². The maximum absolute atomic E-state index is 5.61. The number of hydrogen-bond donors (Lipinski definition) is 2. The summed E-state index contributed by atoms with van der Waals surface area (Å²) < 4.78 is 0. The molecule has 2 heteroatoms. The van der Waals surface area contributed by atoms with Gasteiger partial charge in [-0.25, -0.2) is 0 Å². The van der Waals surface area contributed by atoms with E-state index < -0.39 is 0 Å². The molecule has 0 aromatic carbocycles. The highest BCUT2D eigenvalue weighted by Crippen LogP contribution is 2.47. The van der Waals surface area contributed by atoms with Gasteiger partial charge in [0.2, 0.25) is 0 Å². The van der Waals surface area contributed by atoms with Gasteiger partial charge < -0.3 is 11.1 Å². The van der Waals surface area contributed by atoms with Crippen molar-refractivity contribution in [1.29, 1.82) is 0 Å². The molecule has 1 aliphatic rings. The van der Waals surface area contributed by atoms with Crippen LogP contribution in [0.25, 0.3) is 0 Å². The van der Waals surface area contributed by atoms with Gasteiger partial charge in [0, 0.05) is 6.04 Å². The molecule has 0 bridgehead atoms. The standard InChI is InChI=1S/C7H16N2/c1-6(9-2)7(5-8)3-4-7/h6,9H,3-5,8H2,1-2H3. The largest absolute Gasteiger partial charge is 0.330 e. The lowest BCUT2D eigenvalue weighted by Crippen LogP contribution is -2.36. The predicted molar refractivity (Wildman–Crippen MR) is 39.2 cm³/mol. The Labute approximate surface area is 56.8 Å². The van der Waals surface area contributed by atoms with Gasteiger partial charge in [0.05, 0.1) is 0 Å². The van der Waals surface area contributed by atoms with Crippen LogP contribution in [0.5, 0.6) is 0 Å². The molecule has 0 aliphatic heterocycles. The fourth-order valence-electron chi connectivity index (χ4n) is 1.28. The second-order valence-electron chi connectivity index (χ2n) is 3.08. The normalized spacial score (nSPS) is 25.7. The van der Waals surface area contributed by atoms with Crippen LogP contribution in [0.2, 0.25) is 0 Å². The van der Waals surface area contributed by atoms with Crippen molar-refractivity contribution < 1.29 is 0 Å². The van der Waals surface area contributed by atoms with Crippen LogP contribution in [-0.4, -0.2) is 19.6 Å². The average molecular weight is 128 g/mol. The van der Waals surface area contributed by atoms with Crippen LogP contribution in [0.3, 0.4) is 0 Å². The molecule has 1 saturated carbocycles. The molecule has 0 heterocycles. The van der Waals surface area contributed by atoms with E-state index in [2.05, 4.69) is 12.2 Å². The van der Waals surface area contributed by atoms with Crippen molar-refractivity contribution in [3.05, 3.63) is 0 Å². The van der Waals surface area contributed by atoms with E-state index >= 15 is 0 Å². The summed E-state index contributed by atoms with van der Waals surface area (Å²) in [5.41, 5.74) is 6.07. The average Bonchev–Trinajstić information content (AvgIpc) is 2.66. The first-order chi connectivity index (χ1) is 4.25. The fourth-order valence-corrected chi connectivity index (χ4v) is 1.28. The maximum atomic E-state index is 5.61. The van der Waals surface area contributed by atoms with Gasteiger partial charge in [-0.05, 0) is 38.8 Å². The van der Waals surface area contributed by atoms with Crippen molar-refractivity contribution in [2.24, 2.45) is 11.1 Å². The van der Waals surface area contributed by atoms with Gasteiger partial charge in [0.15, 0.2) is 0 Å². The third-order valence-electron chi connectivity index (χ3n) is 2.65. The number of rotatable bonds is 3. The molecule has 0 radical (unpaired) electrons. The van der Waals surface area contributed by atoms with E-state index in [-0.39, 0.29) is 0 Å². The van der Waals surface area contributed by atoms with E-state index in [1.165, 1.54) is 12.8 Å². The van der Waals surface area contributed by atoms with E-state index in [1.54, 1.807) is 0 Å². The first-order valence-corrected chi connectivity index (χ1v) is 3.62. The van der Waals surface area contributed by atoms with Crippen LogP contribution in [0, 0.1) is 5.41 Å². The van der Waals surface area contributed by atoms with E-state index in [0.717, 1.165) is 6.54 Å². The van der Waals surface area contributed by atoms with Crippen LogP contribution >= 0.6 is 0 Å². The van der Waals surface area contributed by atoms with Crippen molar-refractivity contribution in [2.75, 3.05) is 13.6 Å². The minimum absolute atomic E-state index is 0.467. The Morgan fingerprint density at radius 3 is 2.33 bits per heavy atom. The predicted octanol–water partition coefficient (Wildman–Crippen LogP) is 0.333. The first-order valence-electron chi connectivity index (χ1n) is 3.62. The number of nitrogens with one attached hydrogen (secondary N) is 1. The van der Waals surface area contributed by atoms with Gasteiger partial charge in [0.25, 0.3) is 0 Å². The topological polar surface area (TPSA) is 38.0 Å². The summed E-state index contributed by atoms with van der Waals surface area (Å²) in [6.07, 6.45) is 2.62. The Morgan fingerprint density at radius 1 is 1.67 bits per heavy atom. The molecule has 54 valence electrons. The molecule has 1 atom stereocenters. The van der Waals surface area contributed by atoms with Gasteiger partial charge >= 0.3 is 0 Å². The summed E-state index contributed by atoms with van der Waals surface area (Å²) in [6, 6.07) is 0.600. The number of nitrogens with two attached hydrogens (primary N) is 1. The van der Waals surface area contributed by atoms with Crippen LogP contribution < -0.4 is 11.1 Å².